The number of hydrogen-bond acceptors (Lipinski definition) is 11. The highest BCUT2D eigenvalue weighted by atomic mass is 33.1. The minimum absolute atomic E-state index is 0.0224. The first-order chi connectivity index (χ1) is 20.1. The number of aliphatic hydroxyl groups excluding tert-OH is 1. The predicted octanol–water partition coefficient (Wildman–Crippen LogP) is 4.47. The van der Waals surface area contributed by atoms with Gasteiger partial charge in [-0.25, -0.2) is 4.98 Å². The Bertz CT molecular complexity index is 972. The molecule has 2 unspecified atom stereocenters. The van der Waals surface area contributed by atoms with E-state index in [4.69, 9.17) is 19.9 Å². The van der Waals surface area contributed by atoms with Crippen LogP contribution in [0.15, 0.2) is 23.4 Å². The van der Waals surface area contributed by atoms with Crippen LogP contribution in [0, 0.1) is 5.41 Å². The highest BCUT2D eigenvalue weighted by Gasteiger charge is 2.29. The Morgan fingerprint density at radius 1 is 0.977 bits per heavy atom. The minimum atomic E-state index is -0.800. The molecule has 1 aromatic heterocycles. The van der Waals surface area contributed by atoms with Crippen LogP contribution < -0.4 is 16.4 Å². The first kappa shape index (κ1) is 39.0. The number of nitrogens with two attached hydrogens (primary N) is 1. The molecule has 0 spiro atoms. The molecule has 2 amide bonds. The lowest BCUT2D eigenvalue weighted by Crippen LogP contribution is -2.40. The van der Waals surface area contributed by atoms with E-state index < -0.39 is 18.4 Å². The second-order valence-corrected chi connectivity index (χ2v) is 15.1. The number of anilines is 1. The van der Waals surface area contributed by atoms with Crippen molar-refractivity contribution < 1.29 is 33.7 Å². The molecule has 0 fully saturated rings. The smallest absolute Gasteiger partial charge is 0.305 e. The Labute approximate surface area is 264 Å². The molecular formula is C30H52N4O7S2. The van der Waals surface area contributed by atoms with Crippen molar-refractivity contribution >= 4 is 45.1 Å². The number of esters is 1. The summed E-state index contributed by atoms with van der Waals surface area (Å²) in [5.74, 6) is -0.632. The maximum atomic E-state index is 12.3. The van der Waals surface area contributed by atoms with Gasteiger partial charge < -0.3 is 35.7 Å². The van der Waals surface area contributed by atoms with E-state index in [0.29, 0.717) is 44.5 Å². The number of amides is 2. The maximum Gasteiger partial charge on any atom is 0.305 e. The molecule has 11 nitrogen and oxygen atoms in total. The van der Waals surface area contributed by atoms with Crippen LogP contribution in [-0.4, -0.2) is 77.4 Å². The van der Waals surface area contributed by atoms with E-state index in [9.17, 15) is 19.5 Å². The number of aromatic nitrogens is 1. The molecule has 0 aliphatic carbocycles. The van der Waals surface area contributed by atoms with Crippen molar-refractivity contribution in [2.45, 2.75) is 115 Å². The van der Waals surface area contributed by atoms with Gasteiger partial charge in [0.15, 0.2) is 6.29 Å². The van der Waals surface area contributed by atoms with Gasteiger partial charge in [-0.1, -0.05) is 31.6 Å². The van der Waals surface area contributed by atoms with Gasteiger partial charge >= 0.3 is 5.97 Å². The van der Waals surface area contributed by atoms with Crippen LogP contribution in [-0.2, 0) is 28.6 Å². The van der Waals surface area contributed by atoms with Crippen LogP contribution in [0.4, 0.5) is 5.69 Å². The second kappa shape index (κ2) is 20.1. The number of aliphatic hydroxyl groups is 1. The van der Waals surface area contributed by atoms with E-state index in [1.807, 2.05) is 46.8 Å². The lowest BCUT2D eigenvalue weighted by Gasteiger charge is -2.33. The third kappa shape index (κ3) is 19.0. The third-order valence-corrected chi connectivity index (χ3v) is 9.37. The van der Waals surface area contributed by atoms with Crippen molar-refractivity contribution in [3.63, 3.8) is 0 Å². The van der Waals surface area contributed by atoms with Crippen LogP contribution in [0.2, 0.25) is 0 Å². The van der Waals surface area contributed by atoms with E-state index in [-0.39, 0.29) is 54.1 Å². The van der Waals surface area contributed by atoms with Gasteiger partial charge in [-0.3, -0.25) is 14.4 Å². The molecule has 43 heavy (non-hydrogen) atoms. The summed E-state index contributed by atoms with van der Waals surface area (Å²) in [6.07, 6.45) is 2.55. The number of pyridine rings is 1. The standard InChI is InChI=1S/C30H52N4O7S2/c1-21(2)40-28(41-23(19-35)29(3,4)5)20-39-27(38)11-8-10-24(36)32-16-9-17-33-25(37)14-15-30(6,7)43-42-26-13-12-22(31)18-34-26/h12-13,18,21,23,28,35H,8-11,14-17,19-20,31H2,1-7H3,(H,32,36)(H,33,37). The van der Waals surface area contributed by atoms with Gasteiger partial charge in [-0.2, -0.15) is 0 Å². The molecule has 246 valence electrons. The van der Waals surface area contributed by atoms with E-state index in [1.54, 1.807) is 27.8 Å². The minimum Gasteiger partial charge on any atom is -0.460 e. The molecule has 0 aliphatic rings. The van der Waals surface area contributed by atoms with Crippen LogP contribution >= 0.6 is 21.6 Å². The zero-order chi connectivity index (χ0) is 32.5. The predicted molar refractivity (Wildman–Crippen MR) is 172 cm³/mol. The molecule has 0 saturated heterocycles. The molecular weight excluding hydrogens is 592 g/mol. The Morgan fingerprint density at radius 3 is 2.19 bits per heavy atom. The lowest BCUT2D eigenvalue weighted by atomic mass is 9.89. The first-order valence-electron chi connectivity index (χ1n) is 14.8. The number of ether oxygens (including phenoxy) is 3. The highest BCUT2D eigenvalue weighted by molar-refractivity contribution is 8.77. The third-order valence-electron chi connectivity index (χ3n) is 6.10. The lowest BCUT2D eigenvalue weighted by molar-refractivity contribution is -0.232. The van der Waals surface area contributed by atoms with Crippen molar-refractivity contribution in [2.75, 3.05) is 32.0 Å². The van der Waals surface area contributed by atoms with Crippen molar-refractivity contribution in [2.24, 2.45) is 5.41 Å². The van der Waals surface area contributed by atoms with E-state index in [1.165, 1.54) is 0 Å². The number of nitrogens with zero attached hydrogens (tertiary/aromatic N) is 1. The topological polar surface area (TPSA) is 162 Å². The van der Waals surface area contributed by atoms with E-state index >= 15 is 0 Å². The summed E-state index contributed by atoms with van der Waals surface area (Å²) < 4.78 is 16.7. The number of nitrogen functional groups attached to an aromatic ring is 1. The number of carbonyl (C=O) groups excluding carboxylic acids is 3. The molecule has 0 radical (unpaired) electrons. The molecule has 13 heteroatoms. The zero-order valence-corrected chi connectivity index (χ0v) is 28.4. The monoisotopic (exact) mass is 644 g/mol. The van der Waals surface area contributed by atoms with Gasteiger partial charge in [0.25, 0.3) is 0 Å². The Kier molecular flexibility index (Phi) is 18.2. The molecule has 1 rings (SSSR count). The number of hydrogen-bond donors (Lipinski definition) is 4. The van der Waals surface area contributed by atoms with Gasteiger partial charge in [-0.05, 0) is 75.3 Å². The summed E-state index contributed by atoms with van der Waals surface area (Å²) >= 11 is 0. The van der Waals surface area contributed by atoms with Gasteiger partial charge in [0.2, 0.25) is 11.8 Å². The summed E-state index contributed by atoms with van der Waals surface area (Å²) in [5.41, 5.74) is 5.98. The van der Waals surface area contributed by atoms with Crippen LogP contribution in [0.3, 0.4) is 0 Å². The summed E-state index contributed by atoms with van der Waals surface area (Å²) in [4.78, 5) is 40.8. The van der Waals surface area contributed by atoms with Crippen molar-refractivity contribution in [3.8, 4) is 0 Å². The molecule has 0 aromatic carbocycles. The van der Waals surface area contributed by atoms with Gasteiger partial charge in [0.05, 0.1) is 30.7 Å². The van der Waals surface area contributed by atoms with Gasteiger partial charge in [0, 0.05) is 37.1 Å². The highest BCUT2D eigenvalue weighted by Crippen LogP contribution is 2.42. The van der Waals surface area contributed by atoms with Crippen molar-refractivity contribution in [1.82, 2.24) is 15.6 Å². The Balaban J connectivity index is 2.18. The van der Waals surface area contributed by atoms with Crippen molar-refractivity contribution in [3.05, 3.63) is 18.3 Å². The second-order valence-electron chi connectivity index (χ2n) is 12.2. The van der Waals surface area contributed by atoms with Crippen LogP contribution in [0.1, 0.15) is 87.0 Å². The summed E-state index contributed by atoms with van der Waals surface area (Å²) in [6.45, 7) is 14.3. The quantitative estimate of drug-likeness (QED) is 0.0646. The number of carbonyl (C=O) groups is 3. The molecule has 1 aromatic rings. The fraction of sp³-hybridized carbons (Fsp3) is 0.733. The van der Waals surface area contributed by atoms with Crippen molar-refractivity contribution in [1.29, 1.82) is 0 Å². The SMILES string of the molecule is CC(C)OC(COC(=O)CCCC(=O)NCCCNC(=O)CCC(C)(C)SSc1ccc(N)cn1)OC(CO)C(C)(C)C. The van der Waals surface area contributed by atoms with Crippen LogP contribution in [0.25, 0.3) is 0 Å². The first-order valence-corrected chi connectivity index (χ1v) is 16.9. The Morgan fingerprint density at radius 2 is 1.63 bits per heavy atom. The molecule has 1 heterocycles. The Hall–Kier alpha value is -2.06. The molecule has 5 N–H and O–H groups in total. The summed E-state index contributed by atoms with van der Waals surface area (Å²) in [5, 5.41) is 16.2. The van der Waals surface area contributed by atoms with E-state index in [0.717, 1.165) is 5.03 Å². The normalized spacial score (nSPS) is 13.4. The summed E-state index contributed by atoms with van der Waals surface area (Å²) in [7, 11) is 3.23. The molecule has 0 saturated carbocycles. The average molecular weight is 645 g/mol. The number of rotatable bonds is 21. The fourth-order valence-corrected chi connectivity index (χ4v) is 5.71. The average Bonchev–Trinajstić information content (AvgIpc) is 2.92. The molecule has 0 bridgehead atoms. The van der Waals surface area contributed by atoms with Gasteiger partial charge in [0.1, 0.15) is 11.6 Å². The summed E-state index contributed by atoms with van der Waals surface area (Å²) in [6, 6.07) is 3.69. The molecule has 2 atom stereocenters. The fourth-order valence-electron chi connectivity index (χ4n) is 3.52. The van der Waals surface area contributed by atoms with E-state index in [2.05, 4.69) is 29.5 Å². The van der Waals surface area contributed by atoms with Crippen LogP contribution in [0.5, 0.6) is 0 Å². The largest absolute Gasteiger partial charge is 0.460 e. The molecule has 0 aliphatic heterocycles. The number of nitrogens with one attached hydrogen (secondary N) is 2. The van der Waals surface area contributed by atoms with Gasteiger partial charge in [-0.15, -0.1) is 0 Å². The maximum absolute atomic E-state index is 12.3. The zero-order valence-electron chi connectivity index (χ0n) is 26.8.